The van der Waals surface area contributed by atoms with E-state index in [0.717, 1.165) is 17.7 Å². The van der Waals surface area contributed by atoms with Crippen LogP contribution in [0.3, 0.4) is 0 Å². The molecule has 2 fully saturated rings. The second-order valence-electron chi connectivity index (χ2n) is 8.54. The summed E-state index contributed by atoms with van der Waals surface area (Å²) in [5.41, 5.74) is 1.11. The van der Waals surface area contributed by atoms with Crippen molar-refractivity contribution in [3.05, 3.63) is 34.9 Å². The van der Waals surface area contributed by atoms with Gasteiger partial charge in [0.1, 0.15) is 6.04 Å². The number of benzene rings is 1. The van der Waals surface area contributed by atoms with Crippen LogP contribution in [-0.4, -0.2) is 45.9 Å². The third-order valence-electron chi connectivity index (χ3n) is 5.94. The molecule has 27 heavy (non-hydrogen) atoms. The molecule has 4 rings (SSSR count). The summed E-state index contributed by atoms with van der Waals surface area (Å²) in [6.45, 7) is 5.19. The first kappa shape index (κ1) is 18.1. The molecule has 144 valence electrons. The molecule has 3 aliphatic heterocycles. The number of carbonyl (C=O) groups is 3. The smallest absolute Gasteiger partial charge is 0.255 e. The molecule has 0 aromatic heterocycles. The quantitative estimate of drug-likeness (QED) is 0.668. The van der Waals surface area contributed by atoms with E-state index in [1.54, 1.807) is 6.07 Å². The highest BCUT2D eigenvalue weighted by atomic mass is 16.3. The third-order valence-corrected chi connectivity index (χ3v) is 5.94. The number of aliphatic hydroxyl groups is 1. The van der Waals surface area contributed by atoms with Crippen LogP contribution >= 0.6 is 0 Å². The molecule has 3 amide bonds. The average molecular weight is 371 g/mol. The molecular formula is C20H25N3O4. The lowest BCUT2D eigenvalue weighted by molar-refractivity contribution is -0.136. The maximum Gasteiger partial charge on any atom is 0.255 e. The van der Waals surface area contributed by atoms with Gasteiger partial charge in [0, 0.05) is 24.1 Å². The van der Waals surface area contributed by atoms with E-state index in [1.165, 1.54) is 4.90 Å². The van der Waals surface area contributed by atoms with Crippen LogP contribution in [0, 0.1) is 0 Å². The molecule has 7 nitrogen and oxygen atoms in total. The van der Waals surface area contributed by atoms with Crippen molar-refractivity contribution >= 4 is 17.7 Å². The van der Waals surface area contributed by atoms with Crippen LogP contribution in [0.1, 0.15) is 61.0 Å². The Morgan fingerprint density at radius 3 is 2.70 bits per heavy atom. The molecule has 1 aromatic carbocycles. The van der Waals surface area contributed by atoms with Crippen molar-refractivity contribution in [2.24, 2.45) is 0 Å². The fraction of sp³-hybridized carbons (Fsp3) is 0.550. The van der Waals surface area contributed by atoms with Gasteiger partial charge in [-0.1, -0.05) is 12.1 Å². The van der Waals surface area contributed by atoms with Crippen LogP contribution in [0.4, 0.5) is 0 Å². The Labute approximate surface area is 158 Å². The van der Waals surface area contributed by atoms with E-state index in [2.05, 4.69) is 24.5 Å². The van der Waals surface area contributed by atoms with Crippen LogP contribution < -0.4 is 10.6 Å². The summed E-state index contributed by atoms with van der Waals surface area (Å²) in [7, 11) is 0. The molecule has 3 N–H and O–H groups in total. The molecule has 1 aromatic rings. The topological polar surface area (TPSA) is 98.7 Å². The second-order valence-corrected chi connectivity index (χ2v) is 8.54. The second kappa shape index (κ2) is 6.14. The van der Waals surface area contributed by atoms with Crippen molar-refractivity contribution in [2.45, 2.75) is 63.3 Å². The zero-order valence-corrected chi connectivity index (χ0v) is 15.7. The van der Waals surface area contributed by atoms with Crippen molar-refractivity contribution in [1.29, 1.82) is 0 Å². The fourth-order valence-electron chi connectivity index (χ4n) is 4.60. The van der Waals surface area contributed by atoms with E-state index in [0.29, 0.717) is 31.4 Å². The van der Waals surface area contributed by atoms with Gasteiger partial charge in [0.05, 0.1) is 5.60 Å². The normalized spacial score (nSPS) is 30.3. The number of nitrogens with one attached hydrogen (secondary N) is 2. The lowest BCUT2D eigenvalue weighted by Gasteiger charge is -2.42. The van der Waals surface area contributed by atoms with Crippen LogP contribution in [0.15, 0.2) is 18.2 Å². The zero-order chi connectivity index (χ0) is 19.4. The van der Waals surface area contributed by atoms with E-state index < -0.39 is 17.6 Å². The van der Waals surface area contributed by atoms with Crippen LogP contribution in [0.5, 0.6) is 0 Å². The van der Waals surface area contributed by atoms with Crippen molar-refractivity contribution in [3.63, 3.8) is 0 Å². The van der Waals surface area contributed by atoms with Gasteiger partial charge in [-0.05, 0) is 56.8 Å². The summed E-state index contributed by atoms with van der Waals surface area (Å²) in [6.07, 6.45) is 1.79. The van der Waals surface area contributed by atoms with Gasteiger partial charge >= 0.3 is 0 Å². The summed E-state index contributed by atoms with van der Waals surface area (Å²) in [5.74, 6) is -0.895. The van der Waals surface area contributed by atoms with Gasteiger partial charge in [0.15, 0.2) is 0 Å². The van der Waals surface area contributed by atoms with Gasteiger partial charge in [0.2, 0.25) is 11.8 Å². The predicted octanol–water partition coefficient (Wildman–Crippen LogP) is 0.797. The Hall–Kier alpha value is -2.25. The van der Waals surface area contributed by atoms with E-state index in [-0.39, 0.29) is 23.8 Å². The number of nitrogens with zero attached hydrogens (tertiary/aromatic N) is 1. The molecule has 3 aliphatic rings. The minimum atomic E-state index is -0.936. The van der Waals surface area contributed by atoms with E-state index in [4.69, 9.17) is 0 Å². The highest BCUT2D eigenvalue weighted by Gasteiger charge is 2.42. The maximum atomic E-state index is 12.8. The minimum Gasteiger partial charge on any atom is -0.385 e. The molecule has 2 atom stereocenters. The molecule has 0 spiro atoms. The van der Waals surface area contributed by atoms with Crippen molar-refractivity contribution in [2.75, 3.05) is 6.54 Å². The fourth-order valence-corrected chi connectivity index (χ4v) is 4.60. The number of amides is 3. The average Bonchev–Trinajstić information content (AvgIpc) is 2.90. The number of imide groups is 1. The summed E-state index contributed by atoms with van der Waals surface area (Å²) in [5, 5.41) is 16.9. The molecule has 0 radical (unpaired) electrons. The first-order valence-electron chi connectivity index (χ1n) is 9.44. The first-order chi connectivity index (χ1) is 12.7. The molecule has 0 aliphatic carbocycles. The van der Waals surface area contributed by atoms with Gasteiger partial charge in [-0.3, -0.25) is 19.7 Å². The zero-order valence-electron chi connectivity index (χ0n) is 15.7. The molecule has 0 saturated carbocycles. The highest BCUT2D eigenvalue weighted by Crippen LogP contribution is 2.38. The molecule has 3 heterocycles. The highest BCUT2D eigenvalue weighted by molar-refractivity contribution is 6.05. The lowest BCUT2D eigenvalue weighted by atomic mass is 9.76. The number of carbonyl (C=O) groups excluding carboxylic acids is 3. The van der Waals surface area contributed by atoms with E-state index in [1.807, 2.05) is 12.1 Å². The molecular weight excluding hydrogens is 346 g/mol. The standard InChI is InChI=1S/C20H25N3O4/c1-19(2)11-20(27,7-8-21-19)13-3-4-14-12(9-13)10-23(18(14)26)15-5-6-16(24)22-17(15)25/h3-4,9,15,21,27H,5-8,10-11H2,1-2H3,(H,22,24,25)/t15?,20-/m1/s1. The maximum absolute atomic E-state index is 12.8. The Bertz CT molecular complexity index is 835. The summed E-state index contributed by atoms with van der Waals surface area (Å²) in [6, 6.07) is 4.87. The Balaban J connectivity index is 1.60. The molecule has 7 heteroatoms. The van der Waals surface area contributed by atoms with Gasteiger partial charge in [-0.25, -0.2) is 0 Å². The molecule has 1 unspecified atom stereocenters. The van der Waals surface area contributed by atoms with Gasteiger partial charge in [-0.2, -0.15) is 0 Å². The predicted molar refractivity (Wildman–Crippen MR) is 97.7 cm³/mol. The van der Waals surface area contributed by atoms with Crippen molar-refractivity contribution < 1.29 is 19.5 Å². The molecule has 0 bridgehead atoms. The van der Waals surface area contributed by atoms with E-state index >= 15 is 0 Å². The summed E-state index contributed by atoms with van der Waals surface area (Å²) >= 11 is 0. The van der Waals surface area contributed by atoms with Gasteiger partial charge < -0.3 is 15.3 Å². The largest absolute Gasteiger partial charge is 0.385 e. The van der Waals surface area contributed by atoms with E-state index in [9.17, 15) is 19.5 Å². The Morgan fingerprint density at radius 2 is 2.00 bits per heavy atom. The SMILES string of the molecule is CC1(C)C[C@@](O)(c2ccc3c(c2)CN(C2CCC(=O)NC2=O)C3=O)CCN1. The number of hydrogen-bond acceptors (Lipinski definition) is 5. The van der Waals surface area contributed by atoms with Gasteiger partial charge in [0.25, 0.3) is 5.91 Å². The van der Waals surface area contributed by atoms with Crippen LogP contribution in [-0.2, 0) is 21.7 Å². The minimum absolute atomic E-state index is 0.166. The first-order valence-corrected chi connectivity index (χ1v) is 9.44. The summed E-state index contributed by atoms with van der Waals surface area (Å²) in [4.78, 5) is 37.8. The number of hydrogen-bond donors (Lipinski definition) is 3. The van der Waals surface area contributed by atoms with Crippen molar-refractivity contribution in [3.8, 4) is 0 Å². The van der Waals surface area contributed by atoms with Gasteiger partial charge in [-0.15, -0.1) is 0 Å². The lowest BCUT2D eigenvalue weighted by Crippen LogP contribution is -2.52. The Kier molecular flexibility index (Phi) is 4.12. The summed E-state index contributed by atoms with van der Waals surface area (Å²) < 4.78 is 0. The monoisotopic (exact) mass is 371 g/mol. The Morgan fingerprint density at radius 1 is 1.22 bits per heavy atom. The van der Waals surface area contributed by atoms with Crippen LogP contribution in [0.25, 0.3) is 0 Å². The third kappa shape index (κ3) is 3.15. The van der Waals surface area contributed by atoms with Crippen LogP contribution in [0.2, 0.25) is 0 Å². The molecule has 2 saturated heterocycles. The number of rotatable bonds is 2. The number of piperidine rings is 2. The van der Waals surface area contributed by atoms with Crippen molar-refractivity contribution in [1.82, 2.24) is 15.5 Å². The number of fused-ring (bicyclic) bond motifs is 1.